The highest BCUT2D eigenvalue weighted by Gasteiger charge is 2.26. The lowest BCUT2D eigenvalue weighted by Crippen LogP contribution is -2.31. The number of likely N-dealkylation sites (N-methyl/N-ethyl adjacent to an activating group) is 1. The van der Waals surface area contributed by atoms with E-state index in [0.29, 0.717) is 6.42 Å². The van der Waals surface area contributed by atoms with Crippen LogP contribution in [0, 0.1) is 0 Å². The van der Waals surface area contributed by atoms with Gasteiger partial charge in [0.15, 0.2) is 0 Å². The molecule has 1 unspecified atom stereocenters. The van der Waals surface area contributed by atoms with Crippen LogP contribution in [0.4, 0.5) is 13.2 Å². The average Bonchev–Trinajstić information content (AvgIpc) is 2.29. The number of alkyl halides is 3. The summed E-state index contributed by atoms with van der Waals surface area (Å²) in [7, 11) is 0. The third-order valence-electron chi connectivity index (χ3n) is 2.83. The summed E-state index contributed by atoms with van der Waals surface area (Å²) >= 11 is 0. The highest BCUT2D eigenvalue weighted by molar-refractivity contribution is 5.15. The number of hydrogen-bond acceptors (Lipinski definition) is 1. The van der Waals surface area contributed by atoms with Crippen molar-refractivity contribution in [1.29, 1.82) is 0 Å². The monoisotopic (exact) mass is 259 g/mol. The lowest BCUT2D eigenvalue weighted by atomic mass is 10.0. The Morgan fingerprint density at radius 3 is 2.39 bits per heavy atom. The summed E-state index contributed by atoms with van der Waals surface area (Å²) in [5, 5.41) is 3.25. The zero-order valence-corrected chi connectivity index (χ0v) is 10.6. The normalized spacial score (nSPS) is 13.6. The van der Waals surface area contributed by atoms with Crippen LogP contribution in [-0.2, 0) is 6.42 Å². The van der Waals surface area contributed by atoms with Crippen molar-refractivity contribution >= 4 is 0 Å². The second-order valence-corrected chi connectivity index (χ2v) is 4.45. The zero-order valence-electron chi connectivity index (χ0n) is 10.6. The van der Waals surface area contributed by atoms with Crippen LogP contribution >= 0.6 is 0 Å². The lowest BCUT2D eigenvalue weighted by molar-refractivity contribution is -0.135. The smallest absolute Gasteiger partial charge is 0.314 e. The molecular formula is C14H20F3N. The SMILES string of the molecule is CCNC(CCCC(F)(F)F)Cc1ccccc1. The van der Waals surface area contributed by atoms with E-state index in [1.54, 1.807) is 0 Å². The van der Waals surface area contributed by atoms with Gasteiger partial charge in [-0.15, -0.1) is 0 Å². The third kappa shape index (κ3) is 6.64. The predicted octanol–water partition coefficient (Wildman–Crippen LogP) is 3.94. The van der Waals surface area contributed by atoms with Crippen molar-refractivity contribution < 1.29 is 13.2 Å². The first-order valence-electron chi connectivity index (χ1n) is 6.35. The Bertz CT molecular complexity index is 322. The van der Waals surface area contributed by atoms with Crippen LogP contribution in [0.15, 0.2) is 30.3 Å². The molecule has 1 atom stereocenters. The summed E-state index contributed by atoms with van der Waals surface area (Å²) in [4.78, 5) is 0. The predicted molar refractivity (Wildman–Crippen MR) is 67.5 cm³/mol. The van der Waals surface area contributed by atoms with Crippen LogP contribution in [0.5, 0.6) is 0 Å². The summed E-state index contributed by atoms with van der Waals surface area (Å²) in [6, 6.07) is 9.99. The molecule has 1 N–H and O–H groups in total. The summed E-state index contributed by atoms with van der Waals surface area (Å²) in [6.07, 6.45) is -3.20. The Kier molecular flexibility index (Phi) is 6.19. The summed E-state index contributed by atoms with van der Waals surface area (Å²) < 4.78 is 36.3. The second-order valence-electron chi connectivity index (χ2n) is 4.45. The lowest BCUT2D eigenvalue weighted by Gasteiger charge is -2.18. The van der Waals surface area contributed by atoms with E-state index < -0.39 is 12.6 Å². The standard InChI is InChI=1S/C14H20F3N/c1-2-18-13(9-6-10-14(15,16)17)11-12-7-4-3-5-8-12/h3-5,7-8,13,18H,2,6,9-11H2,1H3. The van der Waals surface area contributed by atoms with Gasteiger partial charge in [0, 0.05) is 12.5 Å². The largest absolute Gasteiger partial charge is 0.389 e. The van der Waals surface area contributed by atoms with Crippen molar-refractivity contribution in [3.63, 3.8) is 0 Å². The van der Waals surface area contributed by atoms with Gasteiger partial charge in [0.2, 0.25) is 0 Å². The highest BCUT2D eigenvalue weighted by atomic mass is 19.4. The van der Waals surface area contributed by atoms with Gasteiger partial charge >= 0.3 is 6.18 Å². The Morgan fingerprint density at radius 1 is 1.17 bits per heavy atom. The molecule has 1 aromatic carbocycles. The summed E-state index contributed by atoms with van der Waals surface area (Å²) in [6.45, 7) is 2.76. The molecule has 0 radical (unpaired) electrons. The average molecular weight is 259 g/mol. The molecular weight excluding hydrogens is 239 g/mol. The van der Waals surface area contributed by atoms with Gasteiger partial charge in [0.1, 0.15) is 0 Å². The topological polar surface area (TPSA) is 12.0 Å². The Morgan fingerprint density at radius 2 is 1.83 bits per heavy atom. The summed E-state index contributed by atoms with van der Waals surface area (Å²) in [5.74, 6) is 0. The van der Waals surface area contributed by atoms with Gasteiger partial charge < -0.3 is 5.32 Å². The minimum atomic E-state index is -4.04. The van der Waals surface area contributed by atoms with E-state index >= 15 is 0 Å². The maximum absolute atomic E-state index is 12.1. The molecule has 18 heavy (non-hydrogen) atoms. The van der Waals surface area contributed by atoms with E-state index in [1.807, 2.05) is 37.3 Å². The third-order valence-corrected chi connectivity index (χ3v) is 2.83. The van der Waals surface area contributed by atoms with Crippen LogP contribution in [0.3, 0.4) is 0 Å². The van der Waals surface area contributed by atoms with Gasteiger partial charge in [-0.1, -0.05) is 37.3 Å². The fourth-order valence-electron chi connectivity index (χ4n) is 2.01. The quantitative estimate of drug-likeness (QED) is 0.782. The Hall–Kier alpha value is -1.03. The fourth-order valence-corrected chi connectivity index (χ4v) is 2.01. The van der Waals surface area contributed by atoms with Gasteiger partial charge in [-0.2, -0.15) is 13.2 Å². The summed E-state index contributed by atoms with van der Waals surface area (Å²) in [5.41, 5.74) is 1.16. The first-order valence-corrected chi connectivity index (χ1v) is 6.35. The van der Waals surface area contributed by atoms with Gasteiger partial charge in [-0.3, -0.25) is 0 Å². The molecule has 0 bridgehead atoms. The molecule has 102 valence electrons. The molecule has 1 rings (SSSR count). The first kappa shape index (κ1) is 15.0. The van der Waals surface area contributed by atoms with Crippen LogP contribution in [0.25, 0.3) is 0 Å². The number of halogens is 3. The maximum atomic E-state index is 12.1. The molecule has 0 aliphatic rings. The number of hydrogen-bond donors (Lipinski definition) is 1. The number of rotatable bonds is 7. The van der Waals surface area contributed by atoms with E-state index in [2.05, 4.69) is 5.32 Å². The second kappa shape index (κ2) is 7.41. The molecule has 1 nitrogen and oxygen atoms in total. The molecule has 0 aliphatic carbocycles. The van der Waals surface area contributed by atoms with Crippen molar-refractivity contribution in [2.75, 3.05) is 6.54 Å². The van der Waals surface area contributed by atoms with E-state index in [9.17, 15) is 13.2 Å². The van der Waals surface area contributed by atoms with Crippen molar-refractivity contribution in [3.05, 3.63) is 35.9 Å². The molecule has 0 heterocycles. The molecule has 0 aromatic heterocycles. The van der Waals surface area contributed by atoms with Gasteiger partial charge in [-0.25, -0.2) is 0 Å². The van der Waals surface area contributed by atoms with Crippen molar-refractivity contribution in [2.45, 2.75) is 44.8 Å². The van der Waals surface area contributed by atoms with Crippen LogP contribution < -0.4 is 5.32 Å². The highest BCUT2D eigenvalue weighted by Crippen LogP contribution is 2.23. The first-order chi connectivity index (χ1) is 8.51. The molecule has 0 aliphatic heterocycles. The van der Waals surface area contributed by atoms with E-state index in [-0.39, 0.29) is 12.5 Å². The molecule has 0 amide bonds. The zero-order chi connectivity index (χ0) is 13.4. The van der Waals surface area contributed by atoms with Crippen molar-refractivity contribution in [3.8, 4) is 0 Å². The maximum Gasteiger partial charge on any atom is 0.389 e. The fraction of sp³-hybridized carbons (Fsp3) is 0.571. The Balaban J connectivity index is 2.40. The molecule has 4 heteroatoms. The number of benzene rings is 1. The van der Waals surface area contributed by atoms with Gasteiger partial charge in [0.05, 0.1) is 0 Å². The Labute approximate surface area is 106 Å². The minimum absolute atomic E-state index is 0.125. The van der Waals surface area contributed by atoms with E-state index in [0.717, 1.165) is 18.5 Å². The van der Waals surface area contributed by atoms with E-state index in [1.165, 1.54) is 0 Å². The van der Waals surface area contributed by atoms with Gasteiger partial charge in [0.25, 0.3) is 0 Å². The van der Waals surface area contributed by atoms with E-state index in [4.69, 9.17) is 0 Å². The van der Waals surface area contributed by atoms with Gasteiger partial charge in [-0.05, 0) is 31.4 Å². The van der Waals surface area contributed by atoms with Crippen LogP contribution in [-0.4, -0.2) is 18.8 Å². The van der Waals surface area contributed by atoms with Crippen molar-refractivity contribution in [2.24, 2.45) is 0 Å². The molecule has 0 fully saturated rings. The molecule has 0 saturated heterocycles. The van der Waals surface area contributed by atoms with Crippen molar-refractivity contribution in [1.82, 2.24) is 5.32 Å². The molecule has 0 saturated carbocycles. The number of nitrogens with one attached hydrogen (secondary N) is 1. The molecule has 1 aromatic rings. The molecule has 0 spiro atoms. The van der Waals surface area contributed by atoms with Crippen LogP contribution in [0.1, 0.15) is 31.7 Å². The van der Waals surface area contributed by atoms with Crippen LogP contribution in [0.2, 0.25) is 0 Å². The minimum Gasteiger partial charge on any atom is -0.314 e.